The van der Waals surface area contributed by atoms with E-state index in [4.69, 9.17) is 9.47 Å². The number of nitrogens with one attached hydrogen (secondary N) is 2. The molecule has 0 radical (unpaired) electrons. The lowest BCUT2D eigenvalue weighted by Gasteiger charge is -2.42. The van der Waals surface area contributed by atoms with Crippen LogP contribution in [0.25, 0.3) is 0 Å². The zero-order valence-corrected chi connectivity index (χ0v) is 22.0. The minimum absolute atomic E-state index is 0.0478. The lowest BCUT2D eigenvalue weighted by Crippen LogP contribution is -2.52. The van der Waals surface area contributed by atoms with Crippen molar-refractivity contribution in [2.24, 2.45) is 18.1 Å². The summed E-state index contributed by atoms with van der Waals surface area (Å²) in [6, 6.07) is 1.49. The zero-order chi connectivity index (χ0) is 25.9. The fourth-order valence-corrected chi connectivity index (χ4v) is 5.24. The molecule has 0 bridgehead atoms. The highest BCUT2D eigenvalue weighted by Gasteiger charge is 2.47. The third kappa shape index (κ3) is 6.10. The van der Waals surface area contributed by atoms with Crippen LogP contribution in [0, 0.1) is 9.49 Å². The van der Waals surface area contributed by atoms with Gasteiger partial charge in [0.05, 0.1) is 6.33 Å². The molecule has 0 saturated heterocycles. The molecule has 3 heterocycles. The van der Waals surface area contributed by atoms with Gasteiger partial charge in [-0.15, -0.1) is 0 Å². The Morgan fingerprint density at radius 2 is 2.14 bits per heavy atom. The summed E-state index contributed by atoms with van der Waals surface area (Å²) in [6.45, 7) is 1.19. The monoisotopic (exact) mass is 616 g/mol. The van der Waals surface area contributed by atoms with Crippen LogP contribution in [0.1, 0.15) is 55.1 Å². The number of aromatic nitrogens is 3. The molecule has 4 rings (SSSR count). The number of hydrazone groups is 1. The molecule has 1 saturated carbocycles. The second-order valence-corrected chi connectivity index (χ2v) is 10.3. The molecule has 13 heteroatoms. The first-order valence-corrected chi connectivity index (χ1v) is 12.7. The summed E-state index contributed by atoms with van der Waals surface area (Å²) in [4.78, 5) is 32.7. The summed E-state index contributed by atoms with van der Waals surface area (Å²) in [6.07, 6.45) is 4.87. The molecule has 36 heavy (non-hydrogen) atoms. The van der Waals surface area contributed by atoms with Gasteiger partial charge in [-0.25, -0.2) is 29.0 Å². The van der Waals surface area contributed by atoms with Crippen molar-refractivity contribution in [1.29, 1.82) is 0 Å². The molecule has 1 fully saturated rings. The number of hydrogen-bond donors (Lipinski definition) is 2. The van der Waals surface area contributed by atoms with Crippen molar-refractivity contribution in [3.63, 3.8) is 0 Å². The largest absolute Gasteiger partial charge is 0.472 e. The van der Waals surface area contributed by atoms with Gasteiger partial charge in [-0.1, -0.05) is 0 Å². The van der Waals surface area contributed by atoms with Gasteiger partial charge in [-0.3, -0.25) is 4.79 Å². The van der Waals surface area contributed by atoms with Crippen LogP contribution >= 0.6 is 22.6 Å². The number of ether oxygens (including phenoxy) is 2. The Morgan fingerprint density at radius 3 is 2.81 bits per heavy atom. The van der Waals surface area contributed by atoms with Crippen molar-refractivity contribution >= 4 is 40.3 Å². The van der Waals surface area contributed by atoms with Crippen LogP contribution in [0.4, 0.5) is 13.6 Å². The summed E-state index contributed by atoms with van der Waals surface area (Å²) in [5, 5.41) is 7.30. The number of amides is 2. The van der Waals surface area contributed by atoms with Crippen molar-refractivity contribution < 1.29 is 27.8 Å². The van der Waals surface area contributed by atoms with Crippen molar-refractivity contribution in [1.82, 2.24) is 25.3 Å². The number of nitrogens with zero attached hydrogens (tertiary/aromatic N) is 4. The number of imidazole rings is 1. The number of pyridine rings is 1. The molecule has 1 atom stereocenters. The van der Waals surface area contributed by atoms with E-state index in [1.807, 2.05) is 6.92 Å². The molecule has 2 aromatic rings. The second kappa shape index (κ2) is 11.0. The van der Waals surface area contributed by atoms with Crippen LogP contribution in [0.2, 0.25) is 0 Å². The molecule has 1 aliphatic carbocycles. The van der Waals surface area contributed by atoms with Gasteiger partial charge in [-0.2, -0.15) is 5.10 Å². The topological polar surface area (TPSA) is 120 Å². The van der Waals surface area contributed by atoms with Crippen LogP contribution in [-0.4, -0.2) is 56.9 Å². The summed E-state index contributed by atoms with van der Waals surface area (Å²) in [5.41, 5.74) is 2.93. The highest BCUT2D eigenvalue weighted by atomic mass is 127. The average molecular weight is 616 g/mol. The maximum Gasteiger partial charge on any atom is 0.428 e. The smallest absolute Gasteiger partial charge is 0.428 e. The van der Waals surface area contributed by atoms with Gasteiger partial charge >= 0.3 is 6.09 Å². The van der Waals surface area contributed by atoms with Crippen LogP contribution in [0.15, 0.2) is 29.9 Å². The molecule has 2 aliphatic rings. The van der Waals surface area contributed by atoms with Crippen molar-refractivity contribution in [3.8, 4) is 5.88 Å². The van der Waals surface area contributed by atoms with E-state index in [1.165, 1.54) is 6.20 Å². The van der Waals surface area contributed by atoms with E-state index in [0.717, 1.165) is 22.8 Å². The summed E-state index contributed by atoms with van der Waals surface area (Å²) in [7, 11) is 1.81. The highest BCUT2D eigenvalue weighted by Crippen LogP contribution is 2.41. The number of rotatable bonds is 8. The molecular weight excluding hydrogens is 589 g/mol. The SMILES string of the molecule is C[C@@H](CC1CCC2(CC1)OC(=O)NN=C2c1cc(OCC(F)F)ncc1I)NC(=O)c1cn(C)cn1. The number of alkyl halides is 2. The predicted octanol–water partition coefficient (Wildman–Crippen LogP) is 3.65. The van der Waals surface area contributed by atoms with Gasteiger partial charge in [0.15, 0.2) is 12.2 Å². The Kier molecular flexibility index (Phi) is 8.05. The zero-order valence-electron chi connectivity index (χ0n) is 19.8. The minimum Gasteiger partial charge on any atom is -0.472 e. The molecular formula is C23H27F2IN6O4. The Hall–Kier alpha value is -2.84. The second-order valence-electron chi connectivity index (χ2n) is 9.14. The highest BCUT2D eigenvalue weighted by molar-refractivity contribution is 14.1. The lowest BCUT2D eigenvalue weighted by molar-refractivity contribution is 0.0153. The van der Waals surface area contributed by atoms with E-state index in [-0.39, 0.29) is 17.8 Å². The quantitative estimate of drug-likeness (QED) is 0.438. The lowest BCUT2D eigenvalue weighted by atomic mass is 9.73. The number of carbonyl (C=O) groups is 2. The first kappa shape index (κ1) is 26.2. The summed E-state index contributed by atoms with van der Waals surface area (Å²) >= 11 is 2.08. The van der Waals surface area contributed by atoms with Gasteiger partial charge in [0.25, 0.3) is 12.3 Å². The van der Waals surface area contributed by atoms with Crippen molar-refractivity contribution in [2.45, 2.75) is 57.1 Å². The summed E-state index contributed by atoms with van der Waals surface area (Å²) in [5.74, 6) is 0.145. The number of carbonyl (C=O) groups excluding carboxylic acids is 2. The van der Waals surface area contributed by atoms with Crippen molar-refractivity contribution in [3.05, 3.63) is 39.6 Å². The molecule has 1 spiro atoms. The molecule has 10 nitrogen and oxygen atoms in total. The maximum absolute atomic E-state index is 12.6. The normalized spacial score (nSPS) is 22.6. The van der Waals surface area contributed by atoms with Gasteiger partial charge in [-0.05, 0) is 67.5 Å². The third-order valence-corrected chi connectivity index (χ3v) is 7.20. The standard InChI is InChI=1S/C23H27F2IN6O4/c1-13(29-21(33)17-10-32(2)12-28-17)7-14-3-5-23(6-4-14)20(30-31-22(34)36-23)15-8-19(27-9-16(15)26)35-11-18(24)25/h8-10,12-14,18H,3-7,11H2,1-2H3,(H,29,33)(H,31,34)/t13-,14?,23?/m0/s1. The van der Waals surface area contributed by atoms with E-state index in [9.17, 15) is 18.4 Å². The molecule has 1 aliphatic heterocycles. The van der Waals surface area contributed by atoms with Gasteiger partial charge in [0, 0.05) is 40.7 Å². The van der Waals surface area contributed by atoms with E-state index in [0.29, 0.717) is 35.7 Å². The van der Waals surface area contributed by atoms with Crippen LogP contribution in [-0.2, 0) is 11.8 Å². The molecule has 194 valence electrons. The van der Waals surface area contributed by atoms with Gasteiger partial charge in [0.2, 0.25) is 5.88 Å². The van der Waals surface area contributed by atoms with E-state index in [1.54, 1.807) is 30.2 Å². The van der Waals surface area contributed by atoms with Crippen LogP contribution < -0.4 is 15.5 Å². The first-order valence-electron chi connectivity index (χ1n) is 11.6. The Morgan fingerprint density at radius 1 is 1.39 bits per heavy atom. The van der Waals surface area contributed by atoms with Crippen LogP contribution in [0.3, 0.4) is 0 Å². The Labute approximate surface area is 220 Å². The molecule has 0 aromatic carbocycles. The van der Waals surface area contributed by atoms with Gasteiger partial charge in [0.1, 0.15) is 11.4 Å². The Bertz CT molecular complexity index is 1150. The average Bonchev–Trinajstić information content (AvgIpc) is 3.27. The number of halogens is 3. The maximum atomic E-state index is 12.6. The third-order valence-electron chi connectivity index (χ3n) is 6.34. The van der Waals surface area contributed by atoms with Crippen LogP contribution in [0.5, 0.6) is 5.88 Å². The fourth-order valence-electron chi connectivity index (χ4n) is 4.69. The molecule has 0 unspecified atom stereocenters. The van der Waals surface area contributed by atoms with E-state index < -0.39 is 24.7 Å². The Balaban J connectivity index is 1.43. The number of aryl methyl sites for hydroxylation is 1. The molecule has 2 N–H and O–H groups in total. The first-order chi connectivity index (χ1) is 17.1. The molecule has 2 aromatic heterocycles. The number of hydrogen-bond acceptors (Lipinski definition) is 7. The van der Waals surface area contributed by atoms with E-state index in [2.05, 4.69) is 48.4 Å². The van der Waals surface area contributed by atoms with Gasteiger partial charge < -0.3 is 19.4 Å². The predicted molar refractivity (Wildman–Crippen MR) is 134 cm³/mol. The van der Waals surface area contributed by atoms with Crippen molar-refractivity contribution in [2.75, 3.05) is 6.61 Å². The summed E-state index contributed by atoms with van der Waals surface area (Å²) < 4.78 is 38.5. The van der Waals surface area contributed by atoms with E-state index >= 15 is 0 Å². The fraction of sp³-hybridized carbons (Fsp3) is 0.522. The minimum atomic E-state index is -2.62. The molecule has 2 amide bonds.